The van der Waals surface area contributed by atoms with Crippen molar-refractivity contribution in [3.8, 4) is 0 Å². The predicted molar refractivity (Wildman–Crippen MR) is 83.6 cm³/mol. The van der Waals surface area contributed by atoms with Gasteiger partial charge in [-0.1, -0.05) is 0 Å². The van der Waals surface area contributed by atoms with Crippen LogP contribution in [0.25, 0.3) is 0 Å². The van der Waals surface area contributed by atoms with Gasteiger partial charge in [0.05, 0.1) is 5.88 Å². The number of nitrogens with zero attached hydrogens (tertiary/aromatic N) is 2. The van der Waals surface area contributed by atoms with Crippen molar-refractivity contribution in [2.75, 3.05) is 7.05 Å². The van der Waals surface area contributed by atoms with Gasteiger partial charge in [-0.15, -0.1) is 22.9 Å². The van der Waals surface area contributed by atoms with Crippen LogP contribution >= 0.6 is 38.9 Å². The molecule has 9 heteroatoms. The van der Waals surface area contributed by atoms with E-state index in [1.165, 1.54) is 22.7 Å². The van der Waals surface area contributed by atoms with Crippen LogP contribution in [0.3, 0.4) is 0 Å². The van der Waals surface area contributed by atoms with Gasteiger partial charge in [0.25, 0.3) is 10.0 Å². The molecule has 0 bridgehead atoms. The summed E-state index contributed by atoms with van der Waals surface area (Å²) in [7, 11) is -2.12. The van der Waals surface area contributed by atoms with Gasteiger partial charge in [0.1, 0.15) is 0 Å². The zero-order valence-corrected chi connectivity index (χ0v) is 14.8. The number of sulfonamides is 1. The summed E-state index contributed by atoms with van der Waals surface area (Å²) in [5.41, 5.74) is 1.19. The molecular formula is C11H13BrClN3O2S2. The first kappa shape index (κ1) is 16.0. The van der Waals surface area contributed by atoms with E-state index in [4.69, 9.17) is 11.6 Å². The minimum Gasteiger partial charge on any atom is -0.281 e. The molecule has 1 N–H and O–H groups in total. The lowest BCUT2D eigenvalue weighted by Crippen LogP contribution is -2.27. The molecule has 0 amide bonds. The molecule has 110 valence electrons. The summed E-state index contributed by atoms with van der Waals surface area (Å²) in [4.78, 5) is 0.947. The minimum atomic E-state index is -3.65. The third-order valence-electron chi connectivity index (χ3n) is 2.82. The topological polar surface area (TPSA) is 66.1 Å². The van der Waals surface area contributed by atoms with Gasteiger partial charge in [-0.25, -0.2) is 8.42 Å². The van der Waals surface area contributed by atoms with Gasteiger partial charge in [-0.3, -0.25) is 5.10 Å². The third kappa shape index (κ3) is 3.09. The second kappa shape index (κ2) is 6.15. The van der Waals surface area contributed by atoms with Crippen LogP contribution in [0.5, 0.6) is 0 Å². The quantitative estimate of drug-likeness (QED) is 0.787. The number of aromatic nitrogens is 2. The van der Waals surface area contributed by atoms with E-state index in [1.54, 1.807) is 6.92 Å². The Morgan fingerprint density at radius 2 is 2.25 bits per heavy atom. The predicted octanol–water partition coefficient (Wildman–Crippen LogP) is 3.10. The van der Waals surface area contributed by atoms with Gasteiger partial charge < -0.3 is 0 Å². The number of hydrogen-bond acceptors (Lipinski definition) is 4. The molecule has 0 fully saturated rings. The molecule has 2 rings (SSSR count). The number of aromatic amines is 1. The van der Waals surface area contributed by atoms with Crippen molar-refractivity contribution >= 4 is 48.9 Å². The summed E-state index contributed by atoms with van der Waals surface area (Å²) < 4.78 is 27.2. The number of aryl methyl sites for hydroxylation is 1. The van der Waals surface area contributed by atoms with Gasteiger partial charge in [-0.2, -0.15) is 9.40 Å². The number of alkyl halides is 1. The fourth-order valence-electron chi connectivity index (χ4n) is 1.69. The first-order valence-corrected chi connectivity index (χ1v) is 9.30. The highest BCUT2D eigenvalue weighted by molar-refractivity contribution is 9.10. The zero-order valence-electron chi connectivity index (χ0n) is 10.9. The average Bonchev–Trinajstić information content (AvgIpc) is 2.95. The van der Waals surface area contributed by atoms with Crippen LogP contribution in [0.2, 0.25) is 0 Å². The number of hydrogen-bond donors (Lipinski definition) is 1. The fraction of sp³-hybridized carbons (Fsp3) is 0.364. The van der Waals surface area contributed by atoms with E-state index < -0.39 is 10.0 Å². The lowest BCUT2D eigenvalue weighted by atomic mass is 10.3. The van der Waals surface area contributed by atoms with Crippen molar-refractivity contribution < 1.29 is 8.42 Å². The average molecular weight is 399 g/mol. The first-order valence-electron chi connectivity index (χ1n) is 5.65. The van der Waals surface area contributed by atoms with Crippen LogP contribution in [0.15, 0.2) is 20.9 Å². The van der Waals surface area contributed by atoms with Crippen LogP contribution in [0, 0.1) is 6.92 Å². The van der Waals surface area contributed by atoms with Crippen molar-refractivity contribution in [1.82, 2.24) is 14.5 Å². The van der Waals surface area contributed by atoms with E-state index in [-0.39, 0.29) is 10.9 Å². The minimum absolute atomic E-state index is 0.00289. The highest BCUT2D eigenvalue weighted by Crippen LogP contribution is 2.25. The maximum absolute atomic E-state index is 12.5. The van der Waals surface area contributed by atoms with Crippen LogP contribution in [-0.2, 0) is 22.4 Å². The maximum atomic E-state index is 12.5. The highest BCUT2D eigenvalue weighted by atomic mass is 79.9. The molecule has 20 heavy (non-hydrogen) atoms. The van der Waals surface area contributed by atoms with Crippen LogP contribution < -0.4 is 0 Å². The molecule has 0 atom stereocenters. The summed E-state index contributed by atoms with van der Waals surface area (Å²) in [5, 5.41) is 8.47. The summed E-state index contributed by atoms with van der Waals surface area (Å²) >= 11 is 10.7. The molecule has 2 aromatic heterocycles. The Morgan fingerprint density at radius 3 is 2.80 bits per heavy atom. The van der Waals surface area contributed by atoms with Crippen LogP contribution in [0.1, 0.15) is 16.1 Å². The Bertz CT molecular complexity index is 711. The van der Waals surface area contributed by atoms with E-state index in [2.05, 4.69) is 26.1 Å². The van der Waals surface area contributed by atoms with E-state index >= 15 is 0 Å². The molecule has 0 spiro atoms. The van der Waals surface area contributed by atoms with E-state index in [0.29, 0.717) is 17.8 Å². The number of halogens is 2. The summed E-state index contributed by atoms with van der Waals surface area (Å²) in [5.74, 6) is 0.106. The fourth-order valence-corrected chi connectivity index (χ4v) is 4.98. The molecule has 0 radical (unpaired) electrons. The zero-order chi connectivity index (χ0) is 14.9. The molecule has 2 aromatic rings. The van der Waals surface area contributed by atoms with Crippen molar-refractivity contribution in [3.05, 3.63) is 32.1 Å². The van der Waals surface area contributed by atoms with Crippen molar-refractivity contribution in [2.45, 2.75) is 24.4 Å². The number of H-pyrrole nitrogens is 1. The lowest BCUT2D eigenvalue weighted by Gasteiger charge is -2.15. The molecular weight excluding hydrogens is 386 g/mol. The van der Waals surface area contributed by atoms with E-state index in [9.17, 15) is 8.42 Å². The molecule has 0 aliphatic rings. The maximum Gasteiger partial charge on any atom is 0.262 e. The van der Waals surface area contributed by atoms with Gasteiger partial charge in [-0.05, 0) is 28.9 Å². The van der Waals surface area contributed by atoms with Gasteiger partial charge in [0.15, 0.2) is 5.03 Å². The standard InChI is InChI=1S/C11H13BrClN3O2S2/c1-7-10(4-13)11(15-14-7)20(17,18)16(2)5-9-3-8(12)6-19-9/h3,6H,4-5H2,1-2H3,(H,14,15). The largest absolute Gasteiger partial charge is 0.281 e. The van der Waals surface area contributed by atoms with Gasteiger partial charge in [0, 0.05) is 39.6 Å². The molecule has 0 saturated carbocycles. The molecule has 5 nitrogen and oxygen atoms in total. The monoisotopic (exact) mass is 397 g/mol. The number of nitrogens with one attached hydrogen (secondary N) is 1. The second-order valence-corrected chi connectivity index (χ2v) is 8.40. The van der Waals surface area contributed by atoms with E-state index in [0.717, 1.165) is 9.35 Å². The van der Waals surface area contributed by atoms with Crippen LogP contribution in [0.4, 0.5) is 0 Å². The molecule has 0 aliphatic heterocycles. The van der Waals surface area contributed by atoms with Crippen molar-refractivity contribution in [2.24, 2.45) is 0 Å². The summed E-state index contributed by atoms with van der Waals surface area (Å²) in [6, 6.07) is 1.90. The Balaban J connectivity index is 2.29. The second-order valence-electron chi connectivity index (χ2n) is 4.26. The Labute approximate surface area is 135 Å². The Hall–Kier alpha value is -0.410. The Morgan fingerprint density at radius 1 is 1.55 bits per heavy atom. The lowest BCUT2D eigenvalue weighted by molar-refractivity contribution is 0.466. The first-order chi connectivity index (χ1) is 9.36. The normalized spacial score (nSPS) is 12.2. The summed E-state index contributed by atoms with van der Waals surface area (Å²) in [6.07, 6.45) is 0. The van der Waals surface area contributed by atoms with Crippen LogP contribution in [-0.4, -0.2) is 30.0 Å². The summed E-state index contributed by atoms with van der Waals surface area (Å²) in [6.45, 7) is 2.05. The Kier molecular flexibility index (Phi) is 4.91. The van der Waals surface area contributed by atoms with E-state index in [1.807, 2.05) is 11.4 Å². The smallest absolute Gasteiger partial charge is 0.262 e. The number of thiophene rings is 1. The molecule has 0 aromatic carbocycles. The third-order valence-corrected chi connectivity index (χ3v) is 6.55. The van der Waals surface area contributed by atoms with Gasteiger partial charge in [0.2, 0.25) is 0 Å². The highest BCUT2D eigenvalue weighted by Gasteiger charge is 2.28. The molecule has 0 saturated heterocycles. The van der Waals surface area contributed by atoms with Gasteiger partial charge >= 0.3 is 0 Å². The number of rotatable bonds is 5. The van der Waals surface area contributed by atoms with Crippen molar-refractivity contribution in [1.29, 1.82) is 0 Å². The molecule has 0 unspecified atom stereocenters. The van der Waals surface area contributed by atoms with Crippen molar-refractivity contribution in [3.63, 3.8) is 0 Å². The molecule has 0 aliphatic carbocycles. The SMILES string of the molecule is Cc1[nH]nc(S(=O)(=O)N(C)Cc2cc(Br)cs2)c1CCl. The molecule has 2 heterocycles.